The van der Waals surface area contributed by atoms with Crippen molar-refractivity contribution in [2.45, 2.75) is 38.3 Å². The van der Waals surface area contributed by atoms with Gasteiger partial charge in [0, 0.05) is 11.7 Å². The molecule has 2 unspecified atom stereocenters. The summed E-state index contributed by atoms with van der Waals surface area (Å²) < 4.78 is 29.7. The summed E-state index contributed by atoms with van der Waals surface area (Å²) >= 11 is 0. The molecule has 3 rings (SSSR count). The van der Waals surface area contributed by atoms with Crippen LogP contribution in [0.3, 0.4) is 0 Å². The SMILES string of the molecule is CCCCCN1CC(=O)N(c2ccc(OC)cc2)C2CS(=O)(=O)CC21. The van der Waals surface area contributed by atoms with Crippen LogP contribution in [0.25, 0.3) is 0 Å². The van der Waals surface area contributed by atoms with Crippen LogP contribution in [0, 0.1) is 0 Å². The molecule has 1 aromatic rings. The quantitative estimate of drug-likeness (QED) is 0.717. The van der Waals surface area contributed by atoms with Gasteiger partial charge in [0.1, 0.15) is 5.75 Å². The number of hydrogen-bond donors (Lipinski definition) is 0. The van der Waals surface area contributed by atoms with Crippen molar-refractivity contribution in [1.29, 1.82) is 0 Å². The van der Waals surface area contributed by atoms with Crippen molar-refractivity contribution in [2.24, 2.45) is 0 Å². The number of ether oxygens (including phenoxy) is 1. The van der Waals surface area contributed by atoms with Crippen LogP contribution >= 0.6 is 0 Å². The van der Waals surface area contributed by atoms with Gasteiger partial charge in [-0.25, -0.2) is 8.42 Å². The lowest BCUT2D eigenvalue weighted by atomic mass is 10.0. The minimum absolute atomic E-state index is 0.0278. The number of sulfone groups is 1. The Morgan fingerprint density at radius 3 is 2.44 bits per heavy atom. The van der Waals surface area contributed by atoms with E-state index in [9.17, 15) is 13.2 Å². The van der Waals surface area contributed by atoms with Crippen LogP contribution in [0.15, 0.2) is 24.3 Å². The number of hydrogen-bond acceptors (Lipinski definition) is 5. The Hall–Kier alpha value is -1.60. The minimum atomic E-state index is -3.13. The molecule has 2 aliphatic heterocycles. The van der Waals surface area contributed by atoms with Crippen molar-refractivity contribution in [3.8, 4) is 5.75 Å². The predicted molar refractivity (Wildman–Crippen MR) is 97.8 cm³/mol. The molecule has 0 spiro atoms. The van der Waals surface area contributed by atoms with E-state index in [1.54, 1.807) is 24.1 Å². The molecule has 25 heavy (non-hydrogen) atoms. The first-order valence-corrected chi connectivity index (χ1v) is 10.7. The number of carbonyl (C=O) groups is 1. The summed E-state index contributed by atoms with van der Waals surface area (Å²) in [6.45, 7) is 3.20. The molecule has 138 valence electrons. The molecular formula is C18H26N2O4S. The summed E-state index contributed by atoms with van der Waals surface area (Å²) in [4.78, 5) is 16.6. The number of benzene rings is 1. The van der Waals surface area contributed by atoms with Gasteiger partial charge in [-0.2, -0.15) is 0 Å². The number of rotatable bonds is 6. The second-order valence-corrected chi connectivity index (χ2v) is 9.00. The van der Waals surface area contributed by atoms with Gasteiger partial charge < -0.3 is 9.64 Å². The Labute approximate surface area is 149 Å². The number of anilines is 1. The summed E-state index contributed by atoms with van der Waals surface area (Å²) in [5.41, 5.74) is 0.742. The highest BCUT2D eigenvalue weighted by Crippen LogP contribution is 2.32. The number of amides is 1. The van der Waals surface area contributed by atoms with E-state index in [1.165, 1.54) is 0 Å². The molecule has 0 saturated carbocycles. The highest BCUT2D eigenvalue weighted by atomic mass is 32.2. The zero-order valence-corrected chi connectivity index (χ0v) is 15.7. The van der Waals surface area contributed by atoms with Gasteiger partial charge in [0.2, 0.25) is 5.91 Å². The van der Waals surface area contributed by atoms with E-state index in [1.807, 2.05) is 12.1 Å². The topological polar surface area (TPSA) is 66.9 Å². The molecule has 1 amide bonds. The molecule has 6 nitrogen and oxygen atoms in total. The number of unbranched alkanes of at least 4 members (excludes halogenated alkanes) is 2. The molecule has 2 saturated heterocycles. The maximum atomic E-state index is 12.8. The van der Waals surface area contributed by atoms with E-state index in [-0.39, 0.29) is 36.0 Å². The van der Waals surface area contributed by atoms with Gasteiger partial charge in [0.05, 0.1) is 31.2 Å². The highest BCUT2D eigenvalue weighted by molar-refractivity contribution is 7.91. The van der Waals surface area contributed by atoms with Crippen LogP contribution in [0.2, 0.25) is 0 Å². The number of piperazine rings is 1. The van der Waals surface area contributed by atoms with E-state index < -0.39 is 9.84 Å². The lowest BCUT2D eigenvalue weighted by Gasteiger charge is -2.43. The second kappa shape index (κ2) is 7.33. The standard InChI is InChI=1S/C18H26N2O4S/c1-3-4-5-10-19-11-18(21)20(14-6-8-15(24-2)9-7-14)17-13-25(22,23)12-16(17)19/h6-9,16-17H,3-5,10-13H2,1-2H3. The highest BCUT2D eigenvalue weighted by Gasteiger charge is 2.49. The van der Waals surface area contributed by atoms with Crippen molar-refractivity contribution in [1.82, 2.24) is 4.90 Å². The van der Waals surface area contributed by atoms with Crippen LogP contribution in [0.4, 0.5) is 5.69 Å². The smallest absolute Gasteiger partial charge is 0.241 e. The van der Waals surface area contributed by atoms with Crippen LogP contribution in [-0.4, -0.2) is 63.0 Å². The summed E-state index contributed by atoms with van der Waals surface area (Å²) in [5, 5.41) is 0. The van der Waals surface area contributed by atoms with Crippen molar-refractivity contribution in [3.05, 3.63) is 24.3 Å². The fraction of sp³-hybridized carbons (Fsp3) is 0.611. The van der Waals surface area contributed by atoms with Crippen LogP contribution in [0.1, 0.15) is 26.2 Å². The third-order valence-corrected chi connectivity index (χ3v) is 6.80. The zero-order valence-electron chi connectivity index (χ0n) is 14.8. The van der Waals surface area contributed by atoms with Crippen molar-refractivity contribution in [3.63, 3.8) is 0 Å². The lowest BCUT2D eigenvalue weighted by molar-refractivity contribution is -0.123. The maximum absolute atomic E-state index is 12.8. The van der Waals surface area contributed by atoms with Gasteiger partial charge in [0.25, 0.3) is 0 Å². The molecule has 0 bridgehead atoms. The van der Waals surface area contributed by atoms with E-state index in [4.69, 9.17) is 4.74 Å². The molecule has 2 heterocycles. The van der Waals surface area contributed by atoms with Crippen LogP contribution < -0.4 is 9.64 Å². The Morgan fingerprint density at radius 1 is 1.12 bits per heavy atom. The lowest BCUT2D eigenvalue weighted by Crippen LogP contribution is -2.62. The van der Waals surface area contributed by atoms with Gasteiger partial charge in [-0.3, -0.25) is 9.69 Å². The molecule has 2 atom stereocenters. The number of carbonyl (C=O) groups excluding carboxylic acids is 1. The van der Waals surface area contributed by atoms with Crippen LogP contribution in [-0.2, 0) is 14.6 Å². The molecule has 0 aromatic heterocycles. The molecule has 1 aromatic carbocycles. The number of nitrogens with zero attached hydrogens (tertiary/aromatic N) is 2. The molecule has 2 fully saturated rings. The summed E-state index contributed by atoms with van der Waals surface area (Å²) in [7, 11) is -1.54. The monoisotopic (exact) mass is 366 g/mol. The molecular weight excluding hydrogens is 340 g/mol. The fourth-order valence-electron chi connectivity index (χ4n) is 3.85. The third kappa shape index (κ3) is 3.82. The number of methoxy groups -OCH3 is 1. The minimum Gasteiger partial charge on any atom is -0.497 e. The summed E-state index contributed by atoms with van der Waals surface area (Å²) in [6, 6.07) is 6.84. The average molecular weight is 366 g/mol. The van der Waals surface area contributed by atoms with Crippen molar-refractivity contribution in [2.75, 3.05) is 36.6 Å². The number of fused-ring (bicyclic) bond motifs is 1. The predicted octanol–water partition coefficient (Wildman–Crippen LogP) is 1.70. The normalized spacial score (nSPS) is 25.8. The molecule has 0 radical (unpaired) electrons. The first kappa shape index (κ1) is 18.2. The van der Waals surface area contributed by atoms with Gasteiger partial charge in [0.15, 0.2) is 9.84 Å². The summed E-state index contributed by atoms with van der Waals surface area (Å²) in [5.74, 6) is 0.869. The Balaban J connectivity index is 1.86. The molecule has 0 aliphatic carbocycles. The fourth-order valence-corrected chi connectivity index (χ4v) is 5.83. The Kier molecular flexibility index (Phi) is 5.34. The maximum Gasteiger partial charge on any atom is 0.241 e. The Bertz CT molecular complexity index is 717. The van der Waals surface area contributed by atoms with Crippen LogP contribution in [0.5, 0.6) is 5.75 Å². The molecule has 7 heteroatoms. The van der Waals surface area contributed by atoms with Gasteiger partial charge >= 0.3 is 0 Å². The average Bonchev–Trinajstić information content (AvgIpc) is 2.90. The summed E-state index contributed by atoms with van der Waals surface area (Å²) in [6.07, 6.45) is 3.19. The van der Waals surface area contributed by atoms with Crippen molar-refractivity contribution >= 4 is 21.4 Å². The van der Waals surface area contributed by atoms with E-state index in [0.29, 0.717) is 5.75 Å². The van der Waals surface area contributed by atoms with E-state index in [0.717, 1.165) is 31.5 Å². The van der Waals surface area contributed by atoms with E-state index in [2.05, 4.69) is 11.8 Å². The largest absolute Gasteiger partial charge is 0.497 e. The van der Waals surface area contributed by atoms with Gasteiger partial charge in [-0.15, -0.1) is 0 Å². The van der Waals surface area contributed by atoms with Crippen molar-refractivity contribution < 1.29 is 17.9 Å². The van der Waals surface area contributed by atoms with Gasteiger partial charge in [-0.1, -0.05) is 19.8 Å². The Morgan fingerprint density at radius 2 is 1.80 bits per heavy atom. The molecule has 2 aliphatic rings. The molecule has 0 N–H and O–H groups in total. The van der Waals surface area contributed by atoms with E-state index >= 15 is 0 Å². The zero-order chi connectivity index (χ0) is 18.0. The first-order valence-electron chi connectivity index (χ1n) is 8.86. The van der Waals surface area contributed by atoms with Gasteiger partial charge in [-0.05, 0) is 37.2 Å². The first-order chi connectivity index (χ1) is 11.9. The third-order valence-electron chi connectivity index (χ3n) is 5.10. The second-order valence-electron chi connectivity index (χ2n) is 6.85.